The van der Waals surface area contributed by atoms with Gasteiger partial charge in [-0.2, -0.15) is 26.9 Å². The molecule has 0 amide bonds. The van der Waals surface area contributed by atoms with Crippen LogP contribution in [0.1, 0.15) is 11.1 Å². The van der Waals surface area contributed by atoms with Crippen LogP contribution >= 0.6 is 11.6 Å². The van der Waals surface area contributed by atoms with Gasteiger partial charge in [-0.15, -0.1) is 0 Å². The molecular formula is C14H14ClF3N2O4S. The van der Waals surface area contributed by atoms with Crippen molar-refractivity contribution in [2.45, 2.75) is 25.4 Å². The van der Waals surface area contributed by atoms with E-state index in [4.69, 9.17) is 21.6 Å². The topological polar surface area (TPSA) is 79.6 Å². The summed E-state index contributed by atoms with van der Waals surface area (Å²) in [5.74, 6) is 0. The Morgan fingerprint density at radius 2 is 2.12 bits per heavy atom. The number of nitriles is 1. The van der Waals surface area contributed by atoms with Gasteiger partial charge in [0.25, 0.3) is 10.1 Å². The van der Waals surface area contributed by atoms with E-state index < -0.39 is 35.2 Å². The van der Waals surface area contributed by atoms with Crippen LogP contribution in [-0.4, -0.2) is 46.3 Å². The molecule has 0 radical (unpaired) electrons. The fraction of sp³-hybridized carbons (Fsp3) is 0.500. The van der Waals surface area contributed by atoms with Gasteiger partial charge in [0.15, 0.2) is 0 Å². The highest BCUT2D eigenvalue weighted by Gasteiger charge is 2.51. The molecule has 1 aliphatic rings. The summed E-state index contributed by atoms with van der Waals surface area (Å²) in [5.41, 5.74) is 0.583. The molecule has 1 aromatic carbocycles. The second kappa shape index (κ2) is 6.99. The Kier molecular flexibility index (Phi) is 5.53. The molecule has 0 N–H and O–H groups in total. The van der Waals surface area contributed by atoms with E-state index in [1.54, 1.807) is 0 Å². The minimum absolute atomic E-state index is 0.0526. The molecule has 0 unspecified atom stereocenters. The van der Waals surface area contributed by atoms with Gasteiger partial charge in [0.2, 0.25) is 6.23 Å². The molecule has 2 rings (SSSR count). The number of benzene rings is 1. The summed E-state index contributed by atoms with van der Waals surface area (Å²) in [5, 5.41) is 9.00. The average molecular weight is 399 g/mol. The third-order valence-corrected chi connectivity index (χ3v) is 4.59. The molecule has 2 atom stereocenters. The number of halogens is 4. The Bertz CT molecular complexity index is 808. The fourth-order valence-electron chi connectivity index (χ4n) is 2.46. The molecule has 6 nitrogen and oxygen atoms in total. The number of alkyl halides is 3. The van der Waals surface area contributed by atoms with Crippen LogP contribution in [-0.2, 0) is 19.0 Å². The zero-order valence-corrected chi connectivity index (χ0v) is 14.7. The summed E-state index contributed by atoms with van der Waals surface area (Å²) in [6.45, 7) is 0.708. The maximum atomic E-state index is 13.3. The molecule has 11 heteroatoms. The zero-order chi connectivity index (χ0) is 19.0. The van der Waals surface area contributed by atoms with Gasteiger partial charge in [-0.3, -0.25) is 4.18 Å². The Labute approximate surface area is 147 Å². The van der Waals surface area contributed by atoms with Gasteiger partial charge in [0.05, 0.1) is 23.4 Å². The minimum Gasteiger partial charge on any atom is -0.342 e. The van der Waals surface area contributed by atoms with E-state index in [1.165, 1.54) is 19.1 Å². The first-order chi connectivity index (χ1) is 11.4. The standard InChI is InChI=1S/C14H14ClF3N2O4S/c1-8-11(4-3-9(5-19)12(8)15)20-6-10(7-23-25(2,21)22)24-13(20)14(16,17)18/h3-4,10,13H,6-7H2,1-2H3/t10-,13-/m0/s1. The zero-order valence-electron chi connectivity index (χ0n) is 13.2. The van der Waals surface area contributed by atoms with E-state index in [0.717, 1.165) is 11.2 Å². The SMILES string of the molecule is Cc1c(N2C[C@@H](COS(C)(=O)=O)O[C@H]2C(F)(F)F)ccc(C#N)c1Cl. The first-order valence-electron chi connectivity index (χ1n) is 6.96. The van der Waals surface area contributed by atoms with Crippen molar-refractivity contribution in [2.24, 2.45) is 0 Å². The molecule has 1 aromatic rings. The van der Waals surface area contributed by atoms with Crippen molar-refractivity contribution >= 4 is 27.4 Å². The Morgan fingerprint density at radius 1 is 1.48 bits per heavy atom. The highest BCUT2D eigenvalue weighted by Crippen LogP contribution is 2.38. The molecule has 0 saturated carbocycles. The second-order valence-electron chi connectivity index (χ2n) is 5.48. The largest absolute Gasteiger partial charge is 0.433 e. The van der Waals surface area contributed by atoms with Crippen LogP contribution in [0.15, 0.2) is 12.1 Å². The second-order valence-corrected chi connectivity index (χ2v) is 7.50. The quantitative estimate of drug-likeness (QED) is 0.725. The van der Waals surface area contributed by atoms with E-state index in [2.05, 4.69) is 4.18 Å². The average Bonchev–Trinajstić information content (AvgIpc) is 2.91. The number of rotatable bonds is 4. The molecule has 1 aliphatic heterocycles. The maximum Gasteiger partial charge on any atom is 0.433 e. The highest BCUT2D eigenvalue weighted by molar-refractivity contribution is 7.85. The molecule has 1 fully saturated rings. The maximum absolute atomic E-state index is 13.3. The van der Waals surface area contributed by atoms with Gasteiger partial charge in [-0.05, 0) is 24.6 Å². The monoisotopic (exact) mass is 398 g/mol. The van der Waals surface area contributed by atoms with Crippen LogP contribution in [0.4, 0.5) is 18.9 Å². The summed E-state index contributed by atoms with van der Waals surface area (Å²) in [6.07, 6.45) is -7.29. The van der Waals surface area contributed by atoms with E-state index in [9.17, 15) is 21.6 Å². The normalized spacial score (nSPS) is 21.4. The number of ether oxygens (including phenoxy) is 1. The smallest absolute Gasteiger partial charge is 0.342 e. The summed E-state index contributed by atoms with van der Waals surface area (Å²) in [6, 6.07) is 4.52. The third-order valence-electron chi connectivity index (χ3n) is 3.54. The van der Waals surface area contributed by atoms with E-state index in [0.29, 0.717) is 5.56 Å². The predicted octanol–water partition coefficient (Wildman–Crippen LogP) is 2.59. The van der Waals surface area contributed by atoms with Gasteiger partial charge < -0.3 is 9.64 Å². The highest BCUT2D eigenvalue weighted by atomic mass is 35.5. The van der Waals surface area contributed by atoms with Gasteiger partial charge in [0.1, 0.15) is 12.2 Å². The molecular weight excluding hydrogens is 385 g/mol. The van der Waals surface area contributed by atoms with E-state index in [1.807, 2.05) is 6.07 Å². The third kappa shape index (κ3) is 4.55. The van der Waals surface area contributed by atoms with E-state index >= 15 is 0 Å². The molecule has 1 saturated heterocycles. The lowest BCUT2D eigenvalue weighted by Gasteiger charge is -2.28. The van der Waals surface area contributed by atoms with Crippen LogP contribution in [0.2, 0.25) is 5.02 Å². The molecule has 138 valence electrons. The van der Waals surface area contributed by atoms with Crippen molar-refractivity contribution in [1.82, 2.24) is 0 Å². The summed E-state index contributed by atoms with van der Waals surface area (Å²) in [4.78, 5) is 0.929. The summed E-state index contributed by atoms with van der Waals surface area (Å²) in [7, 11) is -3.81. The molecule has 0 spiro atoms. The number of anilines is 1. The van der Waals surface area contributed by atoms with Gasteiger partial charge in [-0.25, -0.2) is 0 Å². The molecule has 0 aliphatic carbocycles. The minimum atomic E-state index is -4.72. The Balaban J connectivity index is 2.34. The molecule has 25 heavy (non-hydrogen) atoms. The van der Waals surface area contributed by atoms with Crippen LogP contribution in [0.5, 0.6) is 0 Å². The molecule has 0 bridgehead atoms. The van der Waals surface area contributed by atoms with Crippen molar-refractivity contribution in [3.05, 3.63) is 28.3 Å². The summed E-state index contributed by atoms with van der Waals surface area (Å²) >= 11 is 6.02. The van der Waals surface area contributed by atoms with Crippen molar-refractivity contribution in [3.8, 4) is 6.07 Å². The Morgan fingerprint density at radius 3 is 2.64 bits per heavy atom. The van der Waals surface area contributed by atoms with Gasteiger partial charge >= 0.3 is 6.18 Å². The lowest BCUT2D eigenvalue weighted by Crippen LogP contribution is -2.42. The summed E-state index contributed by atoms with van der Waals surface area (Å²) < 4.78 is 71.5. The number of hydrogen-bond acceptors (Lipinski definition) is 6. The fourth-order valence-corrected chi connectivity index (χ4v) is 3.06. The van der Waals surface area contributed by atoms with Crippen molar-refractivity contribution < 1.29 is 30.5 Å². The van der Waals surface area contributed by atoms with Crippen molar-refractivity contribution in [2.75, 3.05) is 24.3 Å². The van der Waals surface area contributed by atoms with Gasteiger partial charge in [-0.1, -0.05) is 11.6 Å². The van der Waals surface area contributed by atoms with E-state index in [-0.39, 0.29) is 22.8 Å². The van der Waals surface area contributed by atoms with Crippen molar-refractivity contribution in [3.63, 3.8) is 0 Å². The molecule has 1 heterocycles. The lowest BCUT2D eigenvalue weighted by atomic mass is 10.1. The predicted molar refractivity (Wildman–Crippen MR) is 83.8 cm³/mol. The lowest BCUT2D eigenvalue weighted by molar-refractivity contribution is -0.215. The number of nitrogens with zero attached hydrogens (tertiary/aromatic N) is 2. The van der Waals surface area contributed by atoms with Crippen LogP contribution < -0.4 is 4.90 Å². The number of hydrogen-bond donors (Lipinski definition) is 0. The Hall–Kier alpha value is -1.54. The van der Waals surface area contributed by atoms with Crippen LogP contribution in [0.25, 0.3) is 0 Å². The molecule has 0 aromatic heterocycles. The van der Waals surface area contributed by atoms with Crippen molar-refractivity contribution in [1.29, 1.82) is 5.26 Å². The van der Waals surface area contributed by atoms with Crippen LogP contribution in [0, 0.1) is 18.3 Å². The first kappa shape index (κ1) is 19.8. The first-order valence-corrected chi connectivity index (χ1v) is 9.16. The van der Waals surface area contributed by atoms with Gasteiger partial charge in [0, 0.05) is 12.2 Å². The van der Waals surface area contributed by atoms with Crippen LogP contribution in [0.3, 0.4) is 0 Å².